The fourth-order valence-electron chi connectivity index (χ4n) is 2.77. The van der Waals surface area contributed by atoms with E-state index in [-0.39, 0.29) is 24.2 Å². The summed E-state index contributed by atoms with van der Waals surface area (Å²) >= 11 is 0. The number of rotatable bonds is 3. The summed E-state index contributed by atoms with van der Waals surface area (Å²) in [7, 11) is 1.74. The van der Waals surface area contributed by atoms with Crippen LogP contribution in [0, 0.1) is 0 Å². The number of carbonyl (C=O) groups is 1. The molecule has 1 saturated heterocycles. The second-order valence-corrected chi connectivity index (χ2v) is 5.96. The third-order valence-corrected chi connectivity index (χ3v) is 4.30. The molecule has 1 amide bonds. The van der Waals surface area contributed by atoms with Crippen LogP contribution in [0.4, 0.5) is 13.2 Å². The van der Waals surface area contributed by atoms with Crippen molar-refractivity contribution in [3.05, 3.63) is 35.7 Å². The van der Waals surface area contributed by atoms with Gasteiger partial charge in [0.15, 0.2) is 5.82 Å². The molecular weight excluding hydrogens is 337 g/mol. The fourth-order valence-corrected chi connectivity index (χ4v) is 2.77. The number of carbonyl (C=O) groups excluding carboxylic acids is 1. The van der Waals surface area contributed by atoms with Gasteiger partial charge < -0.3 is 4.90 Å². The summed E-state index contributed by atoms with van der Waals surface area (Å²) in [6.07, 6.45) is -4.44. The number of hydrogen-bond acceptors (Lipinski definition) is 5. The molecule has 3 rings (SSSR count). The van der Waals surface area contributed by atoms with E-state index in [1.165, 1.54) is 16.8 Å². The number of hydrogen-bond donors (Lipinski definition) is 0. The Labute approximate surface area is 142 Å². The predicted octanol–water partition coefficient (Wildman–Crippen LogP) is 1.34. The molecule has 2 aromatic rings. The van der Waals surface area contributed by atoms with Crippen molar-refractivity contribution in [1.29, 1.82) is 0 Å². The van der Waals surface area contributed by atoms with E-state index in [0.717, 1.165) is 12.1 Å². The smallest absolute Gasteiger partial charge is 0.343 e. The molecule has 1 aromatic heterocycles. The standard InChI is InChI=1S/C15H17F3N6O/c1-10-14(25)22(2)6-7-23(10)9-13-19-20-21-24(13)12-5-3-4-11(8-12)15(16,17)18/h3-5,8,10H,6-7,9H2,1-2H3. The minimum absolute atomic E-state index is 0.00987. The van der Waals surface area contributed by atoms with E-state index in [0.29, 0.717) is 18.9 Å². The van der Waals surface area contributed by atoms with Gasteiger partial charge in [-0.3, -0.25) is 9.69 Å². The maximum absolute atomic E-state index is 12.9. The van der Waals surface area contributed by atoms with Gasteiger partial charge in [0.1, 0.15) is 0 Å². The van der Waals surface area contributed by atoms with Crippen molar-refractivity contribution < 1.29 is 18.0 Å². The molecule has 0 N–H and O–H groups in total. The highest BCUT2D eigenvalue weighted by Crippen LogP contribution is 2.30. The highest BCUT2D eigenvalue weighted by atomic mass is 19.4. The number of alkyl halides is 3. The molecule has 0 aliphatic carbocycles. The molecular formula is C15H17F3N6O. The van der Waals surface area contributed by atoms with Gasteiger partial charge in [-0.15, -0.1) is 5.10 Å². The Morgan fingerprint density at radius 2 is 2.04 bits per heavy atom. The van der Waals surface area contributed by atoms with E-state index in [2.05, 4.69) is 15.5 Å². The number of nitrogens with zero attached hydrogens (tertiary/aromatic N) is 6. The number of benzene rings is 1. The summed E-state index contributed by atoms with van der Waals surface area (Å²) in [5.41, 5.74) is -0.544. The summed E-state index contributed by atoms with van der Waals surface area (Å²) in [5, 5.41) is 11.3. The zero-order valence-electron chi connectivity index (χ0n) is 13.7. The first-order valence-electron chi connectivity index (χ1n) is 7.71. The van der Waals surface area contributed by atoms with Crippen LogP contribution in [-0.2, 0) is 17.5 Å². The molecule has 2 heterocycles. The Kier molecular flexibility index (Phi) is 4.46. The van der Waals surface area contributed by atoms with Crippen molar-refractivity contribution in [1.82, 2.24) is 30.0 Å². The number of likely N-dealkylation sites (N-methyl/N-ethyl adjacent to an activating group) is 1. The highest BCUT2D eigenvalue weighted by molar-refractivity contribution is 5.81. The van der Waals surface area contributed by atoms with E-state index < -0.39 is 11.7 Å². The normalized spacial score (nSPS) is 19.5. The van der Waals surface area contributed by atoms with Crippen molar-refractivity contribution >= 4 is 5.91 Å². The van der Waals surface area contributed by atoms with Gasteiger partial charge in [0.25, 0.3) is 0 Å². The first-order chi connectivity index (χ1) is 11.8. The topological polar surface area (TPSA) is 67.2 Å². The Morgan fingerprint density at radius 3 is 2.76 bits per heavy atom. The SMILES string of the molecule is CC1C(=O)N(C)CCN1Cc1nnnn1-c1cccc(C(F)(F)F)c1. The van der Waals surface area contributed by atoms with E-state index in [1.807, 2.05) is 4.90 Å². The number of amides is 1. The first kappa shape index (κ1) is 17.3. The van der Waals surface area contributed by atoms with Crippen LogP contribution in [0.25, 0.3) is 5.69 Å². The molecule has 0 saturated carbocycles. The van der Waals surface area contributed by atoms with E-state index >= 15 is 0 Å². The van der Waals surface area contributed by atoms with Crippen LogP contribution in [0.2, 0.25) is 0 Å². The molecule has 0 radical (unpaired) electrons. The maximum atomic E-state index is 12.9. The minimum Gasteiger partial charge on any atom is -0.343 e. The zero-order chi connectivity index (χ0) is 18.2. The average molecular weight is 354 g/mol. The average Bonchev–Trinajstić information content (AvgIpc) is 3.03. The fraction of sp³-hybridized carbons (Fsp3) is 0.467. The number of aromatic nitrogens is 4. The summed E-state index contributed by atoms with van der Waals surface area (Å²) < 4.78 is 40.0. The van der Waals surface area contributed by atoms with Crippen molar-refractivity contribution in [2.75, 3.05) is 20.1 Å². The molecule has 1 aliphatic heterocycles. The Hall–Kier alpha value is -2.49. The molecule has 1 aromatic carbocycles. The van der Waals surface area contributed by atoms with Crippen LogP contribution in [0.15, 0.2) is 24.3 Å². The van der Waals surface area contributed by atoms with E-state index in [1.54, 1.807) is 18.9 Å². The van der Waals surface area contributed by atoms with Crippen molar-refractivity contribution in [3.63, 3.8) is 0 Å². The number of piperazine rings is 1. The minimum atomic E-state index is -4.44. The Morgan fingerprint density at radius 1 is 1.28 bits per heavy atom. The van der Waals surface area contributed by atoms with E-state index in [9.17, 15) is 18.0 Å². The second-order valence-electron chi connectivity index (χ2n) is 5.96. The zero-order valence-corrected chi connectivity index (χ0v) is 13.7. The molecule has 1 aliphatic rings. The van der Waals surface area contributed by atoms with Gasteiger partial charge in [0.05, 0.1) is 23.8 Å². The molecule has 1 fully saturated rings. The van der Waals surface area contributed by atoms with Crippen molar-refractivity contribution in [2.24, 2.45) is 0 Å². The quantitative estimate of drug-likeness (QED) is 0.832. The van der Waals surface area contributed by atoms with Crippen LogP contribution in [0.1, 0.15) is 18.3 Å². The Bertz CT molecular complexity index is 775. The largest absolute Gasteiger partial charge is 0.416 e. The molecule has 10 heteroatoms. The van der Waals surface area contributed by atoms with Crippen molar-refractivity contribution in [2.45, 2.75) is 25.7 Å². The van der Waals surface area contributed by atoms with Crippen LogP contribution in [-0.4, -0.2) is 62.1 Å². The van der Waals surface area contributed by atoms with Crippen LogP contribution in [0.3, 0.4) is 0 Å². The molecule has 7 nitrogen and oxygen atoms in total. The van der Waals surface area contributed by atoms with Gasteiger partial charge in [-0.25, -0.2) is 0 Å². The van der Waals surface area contributed by atoms with Gasteiger partial charge in [-0.2, -0.15) is 17.9 Å². The molecule has 0 spiro atoms. The third kappa shape index (κ3) is 3.48. The maximum Gasteiger partial charge on any atom is 0.416 e. The second kappa shape index (κ2) is 6.43. The highest BCUT2D eigenvalue weighted by Gasteiger charge is 2.32. The summed E-state index contributed by atoms with van der Waals surface area (Å²) in [6, 6.07) is 4.47. The first-order valence-corrected chi connectivity index (χ1v) is 7.71. The van der Waals surface area contributed by atoms with Gasteiger partial charge in [-0.1, -0.05) is 6.07 Å². The third-order valence-electron chi connectivity index (χ3n) is 4.30. The molecule has 134 valence electrons. The van der Waals surface area contributed by atoms with Crippen LogP contribution < -0.4 is 0 Å². The number of tetrazole rings is 1. The molecule has 25 heavy (non-hydrogen) atoms. The lowest BCUT2D eigenvalue weighted by molar-refractivity contribution is -0.140. The summed E-state index contributed by atoms with van der Waals surface area (Å²) in [5.74, 6) is 0.368. The molecule has 0 bridgehead atoms. The number of halogens is 3. The molecule has 1 unspecified atom stereocenters. The lowest BCUT2D eigenvalue weighted by atomic mass is 10.2. The molecule has 1 atom stereocenters. The predicted molar refractivity (Wildman–Crippen MR) is 81.7 cm³/mol. The van der Waals surface area contributed by atoms with Gasteiger partial charge in [-0.05, 0) is 35.5 Å². The monoisotopic (exact) mass is 354 g/mol. The van der Waals surface area contributed by atoms with Gasteiger partial charge in [0.2, 0.25) is 5.91 Å². The lowest BCUT2D eigenvalue weighted by Crippen LogP contribution is -2.54. The van der Waals surface area contributed by atoms with Gasteiger partial charge >= 0.3 is 6.18 Å². The van der Waals surface area contributed by atoms with Crippen LogP contribution >= 0.6 is 0 Å². The van der Waals surface area contributed by atoms with Gasteiger partial charge in [0, 0.05) is 20.1 Å². The summed E-state index contributed by atoms with van der Waals surface area (Å²) in [4.78, 5) is 15.6. The van der Waals surface area contributed by atoms with Crippen molar-refractivity contribution in [3.8, 4) is 5.69 Å². The Balaban J connectivity index is 1.85. The van der Waals surface area contributed by atoms with E-state index in [4.69, 9.17) is 0 Å². The summed E-state index contributed by atoms with van der Waals surface area (Å²) in [6.45, 7) is 3.27. The lowest BCUT2D eigenvalue weighted by Gasteiger charge is -2.36. The van der Waals surface area contributed by atoms with Crippen LogP contribution in [0.5, 0.6) is 0 Å².